The quantitative estimate of drug-likeness (QED) is 0.832. The molecule has 0 aliphatic heterocycles. The van der Waals surface area contributed by atoms with Gasteiger partial charge in [-0.2, -0.15) is 0 Å². The molecule has 1 nitrogen and oxygen atoms in total. The largest absolute Gasteiger partial charge is 0.330 e. The predicted octanol–water partition coefficient (Wildman–Crippen LogP) is 4.67. The van der Waals surface area contributed by atoms with Gasteiger partial charge in [-0.05, 0) is 55.2 Å². The van der Waals surface area contributed by atoms with Crippen LogP contribution in [-0.2, 0) is 6.42 Å². The Kier molecular flexibility index (Phi) is 5.72. The lowest BCUT2D eigenvalue weighted by Crippen LogP contribution is -2.31. The SMILES string of the molecule is CCCC1CCC(CN)C(Cc2ccccc2Cl)C1. The van der Waals surface area contributed by atoms with E-state index >= 15 is 0 Å². The average molecular weight is 280 g/mol. The maximum Gasteiger partial charge on any atom is 0.0438 e. The second kappa shape index (κ2) is 7.31. The van der Waals surface area contributed by atoms with E-state index in [9.17, 15) is 0 Å². The van der Waals surface area contributed by atoms with E-state index in [1.807, 2.05) is 12.1 Å². The van der Waals surface area contributed by atoms with E-state index in [4.69, 9.17) is 17.3 Å². The van der Waals surface area contributed by atoms with Gasteiger partial charge < -0.3 is 5.73 Å². The first-order valence-corrected chi connectivity index (χ1v) is 8.05. The standard InChI is InChI=1S/C17H26ClN/c1-2-5-13-8-9-15(12-19)16(10-13)11-14-6-3-4-7-17(14)18/h3-4,6-7,13,15-16H,2,5,8-12,19H2,1H3. The summed E-state index contributed by atoms with van der Waals surface area (Å²) in [6, 6.07) is 8.26. The van der Waals surface area contributed by atoms with Gasteiger partial charge in [0, 0.05) is 5.02 Å². The number of rotatable bonds is 5. The van der Waals surface area contributed by atoms with Gasteiger partial charge in [0.05, 0.1) is 0 Å². The van der Waals surface area contributed by atoms with Crippen molar-refractivity contribution in [3.63, 3.8) is 0 Å². The van der Waals surface area contributed by atoms with Gasteiger partial charge in [0.15, 0.2) is 0 Å². The van der Waals surface area contributed by atoms with E-state index in [0.29, 0.717) is 5.92 Å². The summed E-state index contributed by atoms with van der Waals surface area (Å²) >= 11 is 6.30. The Hall–Kier alpha value is -0.530. The number of hydrogen-bond acceptors (Lipinski definition) is 1. The molecule has 1 aromatic carbocycles. The van der Waals surface area contributed by atoms with Gasteiger partial charge in [0.25, 0.3) is 0 Å². The molecule has 1 aromatic rings. The highest BCUT2D eigenvalue weighted by Gasteiger charge is 2.29. The summed E-state index contributed by atoms with van der Waals surface area (Å²) in [4.78, 5) is 0. The Morgan fingerprint density at radius 1 is 1.21 bits per heavy atom. The van der Waals surface area contributed by atoms with Crippen molar-refractivity contribution in [1.29, 1.82) is 0 Å². The van der Waals surface area contributed by atoms with E-state index in [1.165, 1.54) is 37.7 Å². The van der Waals surface area contributed by atoms with Crippen molar-refractivity contribution in [2.24, 2.45) is 23.5 Å². The van der Waals surface area contributed by atoms with E-state index < -0.39 is 0 Å². The lowest BCUT2D eigenvalue weighted by molar-refractivity contribution is 0.176. The molecule has 0 bridgehead atoms. The molecule has 2 rings (SSSR count). The van der Waals surface area contributed by atoms with Crippen molar-refractivity contribution in [2.45, 2.75) is 45.4 Å². The van der Waals surface area contributed by atoms with Crippen molar-refractivity contribution < 1.29 is 0 Å². The molecule has 1 fully saturated rings. The summed E-state index contributed by atoms with van der Waals surface area (Å²) < 4.78 is 0. The normalized spacial score (nSPS) is 27.4. The monoisotopic (exact) mass is 279 g/mol. The Morgan fingerprint density at radius 2 is 2.00 bits per heavy atom. The van der Waals surface area contributed by atoms with Crippen LogP contribution < -0.4 is 5.73 Å². The molecule has 2 heteroatoms. The minimum absolute atomic E-state index is 0.685. The zero-order valence-corrected chi connectivity index (χ0v) is 12.7. The Labute approximate surface area is 122 Å². The topological polar surface area (TPSA) is 26.0 Å². The van der Waals surface area contributed by atoms with Gasteiger partial charge in [-0.15, -0.1) is 0 Å². The third kappa shape index (κ3) is 3.97. The first-order valence-electron chi connectivity index (χ1n) is 7.68. The summed E-state index contributed by atoms with van der Waals surface area (Å²) in [5.41, 5.74) is 7.27. The first kappa shape index (κ1) is 14.9. The van der Waals surface area contributed by atoms with Crippen molar-refractivity contribution in [1.82, 2.24) is 0 Å². The third-order valence-electron chi connectivity index (χ3n) is 4.69. The third-order valence-corrected chi connectivity index (χ3v) is 5.06. The number of hydrogen-bond donors (Lipinski definition) is 1. The lowest BCUT2D eigenvalue weighted by Gasteiger charge is -2.36. The molecule has 19 heavy (non-hydrogen) atoms. The molecule has 0 radical (unpaired) electrons. The molecule has 0 spiro atoms. The first-order chi connectivity index (χ1) is 9.24. The van der Waals surface area contributed by atoms with Crippen LogP contribution in [0, 0.1) is 17.8 Å². The molecule has 3 atom stereocenters. The molecule has 0 heterocycles. The molecular formula is C17H26ClN. The smallest absolute Gasteiger partial charge is 0.0438 e. The highest BCUT2D eigenvalue weighted by atomic mass is 35.5. The zero-order valence-electron chi connectivity index (χ0n) is 11.9. The molecular weight excluding hydrogens is 254 g/mol. The molecule has 1 aliphatic carbocycles. The molecule has 0 amide bonds. The fraction of sp³-hybridized carbons (Fsp3) is 0.647. The molecule has 1 saturated carbocycles. The highest BCUT2D eigenvalue weighted by Crippen LogP contribution is 2.38. The van der Waals surface area contributed by atoms with Gasteiger partial charge in [-0.3, -0.25) is 0 Å². The van der Waals surface area contributed by atoms with Crippen LogP contribution in [-0.4, -0.2) is 6.54 Å². The van der Waals surface area contributed by atoms with Crippen LogP contribution in [0.15, 0.2) is 24.3 Å². The predicted molar refractivity (Wildman–Crippen MR) is 83.4 cm³/mol. The second-order valence-electron chi connectivity index (χ2n) is 6.02. The summed E-state index contributed by atoms with van der Waals surface area (Å²) in [7, 11) is 0. The van der Waals surface area contributed by atoms with Gasteiger partial charge in [-0.25, -0.2) is 0 Å². The van der Waals surface area contributed by atoms with Crippen molar-refractivity contribution >= 4 is 11.6 Å². The van der Waals surface area contributed by atoms with E-state index in [1.54, 1.807) is 0 Å². The summed E-state index contributed by atoms with van der Waals surface area (Å²) in [5, 5.41) is 0.913. The maximum atomic E-state index is 6.30. The average Bonchev–Trinajstić information content (AvgIpc) is 2.42. The van der Waals surface area contributed by atoms with Crippen LogP contribution in [0.1, 0.15) is 44.6 Å². The van der Waals surface area contributed by atoms with Crippen LogP contribution in [0.2, 0.25) is 5.02 Å². The van der Waals surface area contributed by atoms with E-state index in [-0.39, 0.29) is 0 Å². The van der Waals surface area contributed by atoms with Crippen LogP contribution >= 0.6 is 11.6 Å². The van der Waals surface area contributed by atoms with Gasteiger partial charge in [0.2, 0.25) is 0 Å². The lowest BCUT2D eigenvalue weighted by atomic mass is 9.70. The number of nitrogens with two attached hydrogens (primary N) is 1. The molecule has 3 unspecified atom stereocenters. The van der Waals surface area contributed by atoms with Crippen LogP contribution in [0.4, 0.5) is 0 Å². The second-order valence-corrected chi connectivity index (χ2v) is 6.43. The fourth-order valence-corrected chi connectivity index (χ4v) is 3.81. The number of halogens is 1. The minimum atomic E-state index is 0.685. The van der Waals surface area contributed by atoms with Crippen molar-refractivity contribution in [2.75, 3.05) is 6.54 Å². The van der Waals surface area contributed by atoms with Crippen LogP contribution in [0.5, 0.6) is 0 Å². The van der Waals surface area contributed by atoms with Crippen molar-refractivity contribution in [3.05, 3.63) is 34.9 Å². The van der Waals surface area contributed by atoms with Crippen molar-refractivity contribution in [3.8, 4) is 0 Å². The fourth-order valence-electron chi connectivity index (χ4n) is 3.60. The summed E-state index contributed by atoms with van der Waals surface area (Å²) in [5.74, 6) is 2.31. The molecule has 0 aromatic heterocycles. The molecule has 106 valence electrons. The maximum absolute atomic E-state index is 6.30. The van der Waals surface area contributed by atoms with Crippen LogP contribution in [0.25, 0.3) is 0 Å². The Morgan fingerprint density at radius 3 is 2.68 bits per heavy atom. The highest BCUT2D eigenvalue weighted by molar-refractivity contribution is 6.31. The van der Waals surface area contributed by atoms with E-state index in [0.717, 1.165) is 29.8 Å². The minimum Gasteiger partial charge on any atom is -0.330 e. The molecule has 0 saturated heterocycles. The number of benzene rings is 1. The zero-order chi connectivity index (χ0) is 13.7. The van der Waals surface area contributed by atoms with Gasteiger partial charge >= 0.3 is 0 Å². The summed E-state index contributed by atoms with van der Waals surface area (Å²) in [6.45, 7) is 3.12. The van der Waals surface area contributed by atoms with Gasteiger partial charge in [0.1, 0.15) is 0 Å². The van der Waals surface area contributed by atoms with E-state index in [2.05, 4.69) is 19.1 Å². The molecule has 1 aliphatic rings. The Balaban J connectivity index is 2.04. The Bertz CT molecular complexity index is 391. The summed E-state index contributed by atoms with van der Waals surface area (Å²) in [6.07, 6.45) is 7.78. The van der Waals surface area contributed by atoms with Crippen LogP contribution in [0.3, 0.4) is 0 Å². The molecule has 2 N–H and O–H groups in total. The van der Waals surface area contributed by atoms with Gasteiger partial charge in [-0.1, -0.05) is 56.0 Å².